The zero-order valence-electron chi connectivity index (χ0n) is 20.5. The lowest BCUT2D eigenvalue weighted by molar-refractivity contribution is 0.102. The number of fused-ring (bicyclic) bond motifs is 1. The number of hydrogen-bond donors (Lipinski definition) is 2. The topological polar surface area (TPSA) is 80.3 Å². The number of aromatic nitrogens is 1. The van der Waals surface area contributed by atoms with Crippen LogP contribution in [0.25, 0.3) is 10.9 Å². The predicted molar refractivity (Wildman–Crippen MR) is 141 cm³/mol. The lowest BCUT2D eigenvalue weighted by Gasteiger charge is -2.21. The van der Waals surface area contributed by atoms with Gasteiger partial charge in [-0.25, -0.2) is 4.39 Å². The molecule has 1 aliphatic heterocycles. The van der Waals surface area contributed by atoms with Crippen LogP contribution in [-0.4, -0.2) is 39.8 Å². The largest absolute Gasteiger partial charge is 0.493 e. The first-order chi connectivity index (χ1) is 17.5. The van der Waals surface area contributed by atoms with E-state index in [1.807, 2.05) is 25.3 Å². The normalized spacial score (nSPS) is 19.8. The number of halogens is 1. The zero-order chi connectivity index (χ0) is 25.1. The quantitative estimate of drug-likeness (QED) is 0.426. The summed E-state index contributed by atoms with van der Waals surface area (Å²) in [6.45, 7) is 4.14. The van der Waals surface area contributed by atoms with Crippen LogP contribution in [0.2, 0.25) is 0 Å². The number of nitrogens with zero attached hydrogens (tertiary/aromatic N) is 1. The van der Waals surface area contributed by atoms with Crippen LogP contribution in [0.3, 0.4) is 0 Å². The summed E-state index contributed by atoms with van der Waals surface area (Å²) in [5.41, 5.74) is 3.31. The van der Waals surface area contributed by atoms with Crippen molar-refractivity contribution in [2.45, 2.75) is 39.2 Å². The van der Waals surface area contributed by atoms with E-state index >= 15 is 0 Å². The minimum atomic E-state index is -0.628. The third-order valence-corrected chi connectivity index (χ3v) is 8.43. The van der Waals surface area contributed by atoms with E-state index in [0.717, 1.165) is 72.3 Å². The van der Waals surface area contributed by atoms with Crippen LogP contribution in [-0.2, 0) is 17.3 Å². The first kappa shape index (κ1) is 24.8. The fourth-order valence-corrected chi connectivity index (χ4v) is 5.95. The second-order valence-electron chi connectivity index (χ2n) is 9.93. The maximum absolute atomic E-state index is 14.6. The van der Waals surface area contributed by atoms with Gasteiger partial charge in [-0.15, -0.1) is 0 Å². The molecule has 2 heterocycles. The second-order valence-corrected chi connectivity index (χ2v) is 11.6. The molecular formula is C28H32FN3O3S. The average Bonchev–Trinajstić information content (AvgIpc) is 3.70. The summed E-state index contributed by atoms with van der Waals surface area (Å²) in [7, 11) is -0.628. The summed E-state index contributed by atoms with van der Waals surface area (Å²) < 4.78 is 31.7. The van der Waals surface area contributed by atoms with Crippen molar-refractivity contribution in [1.82, 2.24) is 10.3 Å². The molecule has 1 saturated heterocycles. The first-order valence-corrected chi connectivity index (χ1v) is 14.1. The fourth-order valence-electron chi connectivity index (χ4n) is 4.55. The minimum absolute atomic E-state index is 0.0214. The van der Waals surface area contributed by atoms with Crippen molar-refractivity contribution in [2.75, 3.05) is 30.0 Å². The highest BCUT2D eigenvalue weighted by molar-refractivity contribution is 7.85. The maximum Gasteiger partial charge on any atom is 0.258 e. The molecule has 2 aliphatic rings. The Kier molecular flexibility index (Phi) is 7.62. The van der Waals surface area contributed by atoms with Gasteiger partial charge in [0.1, 0.15) is 11.6 Å². The molecule has 1 amide bonds. The standard InChI is InChI=1S/C28H32FN3O3S/c1-18-26(32-28(33)24-6-5-23(13-25(24)29)35-17-20-2-3-20)7-4-22-12-21(16-31-27(18)22)15-30-14-19-8-10-36(34)11-9-19/h4-7,12-13,16,19-20,30H,2-3,8-11,14-15,17H2,1H3,(H,32,33). The number of carbonyl (C=O) groups is 1. The van der Waals surface area contributed by atoms with Gasteiger partial charge < -0.3 is 15.4 Å². The highest BCUT2D eigenvalue weighted by Crippen LogP contribution is 2.30. The van der Waals surface area contributed by atoms with E-state index in [1.165, 1.54) is 12.1 Å². The molecular weight excluding hydrogens is 477 g/mol. The van der Waals surface area contributed by atoms with Crippen molar-refractivity contribution in [3.8, 4) is 5.75 Å². The van der Waals surface area contributed by atoms with Crippen LogP contribution >= 0.6 is 0 Å². The summed E-state index contributed by atoms with van der Waals surface area (Å²) >= 11 is 0. The van der Waals surface area contributed by atoms with Gasteiger partial charge in [0.25, 0.3) is 5.91 Å². The Labute approximate surface area is 213 Å². The predicted octanol–water partition coefficient (Wildman–Crippen LogP) is 4.97. The van der Waals surface area contributed by atoms with E-state index < -0.39 is 22.5 Å². The van der Waals surface area contributed by atoms with Gasteiger partial charge in [-0.1, -0.05) is 6.07 Å². The van der Waals surface area contributed by atoms with E-state index in [1.54, 1.807) is 6.07 Å². The molecule has 0 bridgehead atoms. The van der Waals surface area contributed by atoms with Gasteiger partial charge in [0.15, 0.2) is 0 Å². The molecule has 1 aliphatic carbocycles. The number of ether oxygens (including phenoxy) is 1. The number of nitrogens with one attached hydrogen (secondary N) is 2. The number of amides is 1. The first-order valence-electron chi connectivity index (χ1n) is 12.6. The Morgan fingerprint density at radius 1 is 1.11 bits per heavy atom. The zero-order valence-corrected chi connectivity index (χ0v) is 21.3. The van der Waals surface area contributed by atoms with Gasteiger partial charge in [0.2, 0.25) is 0 Å². The van der Waals surface area contributed by atoms with Gasteiger partial charge >= 0.3 is 0 Å². The molecule has 3 aromatic rings. The number of aryl methyl sites for hydroxylation is 1. The molecule has 0 radical (unpaired) electrons. The van der Waals surface area contributed by atoms with E-state index in [-0.39, 0.29) is 5.56 Å². The van der Waals surface area contributed by atoms with E-state index in [4.69, 9.17) is 4.74 Å². The van der Waals surface area contributed by atoms with Crippen LogP contribution in [0.15, 0.2) is 42.6 Å². The Morgan fingerprint density at radius 2 is 1.92 bits per heavy atom. The van der Waals surface area contributed by atoms with Crippen LogP contribution in [0.5, 0.6) is 5.75 Å². The van der Waals surface area contributed by atoms with Crippen LogP contribution < -0.4 is 15.4 Å². The Balaban J connectivity index is 1.21. The molecule has 2 aromatic carbocycles. The van der Waals surface area contributed by atoms with Crippen molar-refractivity contribution in [3.05, 3.63) is 65.1 Å². The molecule has 6 nitrogen and oxygen atoms in total. The highest BCUT2D eigenvalue weighted by atomic mass is 32.2. The monoisotopic (exact) mass is 509 g/mol. The molecule has 0 unspecified atom stereocenters. The molecule has 5 rings (SSSR count). The molecule has 2 N–H and O–H groups in total. The average molecular weight is 510 g/mol. The smallest absolute Gasteiger partial charge is 0.258 e. The van der Waals surface area contributed by atoms with Crippen molar-refractivity contribution < 1.29 is 18.1 Å². The molecule has 1 saturated carbocycles. The van der Waals surface area contributed by atoms with Crippen molar-refractivity contribution >= 4 is 33.3 Å². The minimum Gasteiger partial charge on any atom is -0.493 e. The number of benzene rings is 2. The Hall–Kier alpha value is -2.84. The number of carbonyl (C=O) groups excluding carboxylic acids is 1. The molecule has 1 aromatic heterocycles. The van der Waals surface area contributed by atoms with E-state index in [2.05, 4.69) is 21.7 Å². The van der Waals surface area contributed by atoms with Crippen molar-refractivity contribution in [2.24, 2.45) is 11.8 Å². The summed E-state index contributed by atoms with van der Waals surface area (Å²) in [4.78, 5) is 17.4. The van der Waals surface area contributed by atoms with Gasteiger partial charge in [-0.3, -0.25) is 14.0 Å². The highest BCUT2D eigenvalue weighted by Gasteiger charge is 2.22. The van der Waals surface area contributed by atoms with Gasteiger partial charge in [0.05, 0.1) is 17.7 Å². The van der Waals surface area contributed by atoms with Crippen molar-refractivity contribution in [1.29, 1.82) is 0 Å². The second kappa shape index (κ2) is 11.0. The Bertz CT molecular complexity index is 1280. The number of pyridine rings is 1. The van der Waals surface area contributed by atoms with Crippen LogP contribution in [0, 0.1) is 24.6 Å². The third-order valence-electron chi connectivity index (χ3n) is 7.05. The van der Waals surface area contributed by atoms with Gasteiger partial charge in [-0.2, -0.15) is 0 Å². The summed E-state index contributed by atoms with van der Waals surface area (Å²) in [5, 5.41) is 7.33. The lowest BCUT2D eigenvalue weighted by atomic mass is 10.0. The molecule has 190 valence electrons. The summed E-state index contributed by atoms with van der Waals surface area (Å²) in [6.07, 6.45) is 6.21. The molecule has 8 heteroatoms. The van der Waals surface area contributed by atoms with E-state index in [0.29, 0.717) is 29.9 Å². The van der Waals surface area contributed by atoms with E-state index in [9.17, 15) is 13.4 Å². The van der Waals surface area contributed by atoms with Crippen molar-refractivity contribution in [3.63, 3.8) is 0 Å². The summed E-state index contributed by atoms with van der Waals surface area (Å²) in [6, 6.07) is 10.2. The Morgan fingerprint density at radius 3 is 2.67 bits per heavy atom. The summed E-state index contributed by atoms with van der Waals surface area (Å²) in [5.74, 6) is 2.13. The lowest BCUT2D eigenvalue weighted by Crippen LogP contribution is -2.28. The fraction of sp³-hybridized carbons (Fsp3) is 0.429. The van der Waals surface area contributed by atoms with Crippen LogP contribution in [0.4, 0.5) is 10.1 Å². The molecule has 2 fully saturated rings. The van der Waals surface area contributed by atoms with Gasteiger partial charge in [0, 0.05) is 52.2 Å². The molecule has 0 spiro atoms. The third kappa shape index (κ3) is 6.10. The molecule has 36 heavy (non-hydrogen) atoms. The van der Waals surface area contributed by atoms with Crippen LogP contribution in [0.1, 0.15) is 47.2 Å². The number of hydrogen-bond acceptors (Lipinski definition) is 5. The maximum atomic E-state index is 14.6. The number of rotatable bonds is 9. The number of anilines is 1. The van der Waals surface area contributed by atoms with Gasteiger partial charge in [-0.05, 0) is 86.4 Å². The SMILES string of the molecule is Cc1c(NC(=O)c2ccc(OCC3CC3)cc2F)ccc2cc(CNCC3CCS(=O)CC3)cnc12. The molecule has 0 atom stereocenters.